The molecule has 0 aliphatic carbocycles. The molecule has 1 aliphatic rings. The summed E-state index contributed by atoms with van der Waals surface area (Å²) in [5.74, 6) is 0. The normalized spacial score (nSPS) is 14.7. The van der Waals surface area contributed by atoms with Crippen LogP contribution in [-0.2, 0) is 16.6 Å². The van der Waals surface area contributed by atoms with Crippen molar-refractivity contribution >= 4 is 21.6 Å². The fraction of sp³-hybridized carbons (Fsp3) is 0.400. The number of benzene rings is 1. The summed E-state index contributed by atoms with van der Waals surface area (Å²) >= 11 is 0. The highest BCUT2D eigenvalue weighted by Gasteiger charge is 2.15. The number of hydrogen-bond acceptors (Lipinski definition) is 3. The SMILES string of the molecule is CN(C)S(=O)(=O)Nc1ccc2c(c1)CCN2. The molecule has 2 N–H and O–H groups in total. The van der Waals surface area contributed by atoms with Crippen LogP contribution in [-0.4, -0.2) is 33.4 Å². The molecule has 88 valence electrons. The Kier molecular flexibility index (Phi) is 2.77. The molecule has 0 aromatic heterocycles. The predicted octanol–water partition coefficient (Wildman–Crippen LogP) is 0.873. The number of nitrogens with zero attached hydrogens (tertiary/aromatic N) is 1. The lowest BCUT2D eigenvalue weighted by atomic mass is 10.1. The van der Waals surface area contributed by atoms with Crippen molar-refractivity contribution in [3.8, 4) is 0 Å². The number of hydrogen-bond donors (Lipinski definition) is 2. The molecule has 1 heterocycles. The van der Waals surface area contributed by atoms with Gasteiger partial charge in [0.1, 0.15) is 0 Å². The minimum absolute atomic E-state index is 0.608. The van der Waals surface area contributed by atoms with Gasteiger partial charge in [0, 0.05) is 26.3 Å². The van der Waals surface area contributed by atoms with Crippen molar-refractivity contribution < 1.29 is 8.42 Å². The number of nitrogens with one attached hydrogen (secondary N) is 2. The van der Waals surface area contributed by atoms with E-state index in [1.165, 1.54) is 14.1 Å². The first-order valence-corrected chi connectivity index (χ1v) is 6.50. The summed E-state index contributed by atoms with van der Waals surface area (Å²) in [5.41, 5.74) is 2.85. The van der Waals surface area contributed by atoms with Crippen LogP contribution in [0.25, 0.3) is 0 Å². The van der Waals surface area contributed by atoms with Gasteiger partial charge in [0.05, 0.1) is 5.69 Å². The molecule has 6 heteroatoms. The topological polar surface area (TPSA) is 61.4 Å². The quantitative estimate of drug-likeness (QED) is 0.825. The molecule has 0 amide bonds. The lowest BCUT2D eigenvalue weighted by molar-refractivity contribution is 0.527. The molecule has 0 saturated carbocycles. The second kappa shape index (κ2) is 3.95. The molecule has 16 heavy (non-hydrogen) atoms. The van der Waals surface area contributed by atoms with Gasteiger partial charge in [-0.3, -0.25) is 4.72 Å². The fourth-order valence-electron chi connectivity index (χ4n) is 1.61. The van der Waals surface area contributed by atoms with Crippen LogP contribution in [0.3, 0.4) is 0 Å². The van der Waals surface area contributed by atoms with E-state index in [1.54, 1.807) is 6.07 Å². The van der Waals surface area contributed by atoms with Crippen LogP contribution >= 0.6 is 0 Å². The minimum atomic E-state index is -3.41. The molecular weight excluding hydrogens is 226 g/mol. The maximum absolute atomic E-state index is 11.6. The standard InChI is InChI=1S/C10H15N3O2S/c1-13(2)16(14,15)12-9-3-4-10-8(7-9)5-6-11-10/h3-4,7,11-12H,5-6H2,1-2H3. The van der Waals surface area contributed by atoms with E-state index in [1.807, 2.05) is 12.1 Å². The van der Waals surface area contributed by atoms with Gasteiger partial charge >= 0.3 is 10.2 Å². The van der Waals surface area contributed by atoms with Crippen LogP contribution in [0.2, 0.25) is 0 Å². The summed E-state index contributed by atoms with van der Waals surface area (Å²) in [5, 5.41) is 3.23. The van der Waals surface area contributed by atoms with Gasteiger partial charge in [-0.25, -0.2) is 0 Å². The highest BCUT2D eigenvalue weighted by molar-refractivity contribution is 7.90. The molecular formula is C10H15N3O2S. The van der Waals surface area contributed by atoms with Crippen molar-refractivity contribution in [2.24, 2.45) is 0 Å². The fourth-order valence-corrected chi connectivity index (χ4v) is 2.22. The number of anilines is 2. The molecule has 5 nitrogen and oxygen atoms in total. The van der Waals surface area contributed by atoms with Crippen molar-refractivity contribution in [1.29, 1.82) is 0 Å². The minimum Gasteiger partial charge on any atom is -0.384 e. The third kappa shape index (κ3) is 2.12. The Morgan fingerprint density at radius 2 is 2.12 bits per heavy atom. The van der Waals surface area contributed by atoms with Crippen molar-refractivity contribution in [2.45, 2.75) is 6.42 Å². The van der Waals surface area contributed by atoms with E-state index in [4.69, 9.17) is 0 Å². The van der Waals surface area contributed by atoms with E-state index < -0.39 is 10.2 Å². The highest BCUT2D eigenvalue weighted by Crippen LogP contribution is 2.25. The van der Waals surface area contributed by atoms with E-state index in [9.17, 15) is 8.42 Å². The van der Waals surface area contributed by atoms with Gasteiger partial charge in [0.25, 0.3) is 0 Å². The second-order valence-electron chi connectivity index (χ2n) is 3.94. The van der Waals surface area contributed by atoms with Crippen molar-refractivity contribution in [3.05, 3.63) is 23.8 Å². The maximum atomic E-state index is 11.6. The molecule has 0 unspecified atom stereocenters. The van der Waals surface area contributed by atoms with E-state index in [2.05, 4.69) is 10.0 Å². The summed E-state index contributed by atoms with van der Waals surface area (Å²) in [6, 6.07) is 5.53. The Hall–Kier alpha value is -1.27. The Balaban J connectivity index is 2.24. The average Bonchev–Trinajstić information content (AvgIpc) is 2.63. The molecule has 0 spiro atoms. The summed E-state index contributed by atoms with van der Waals surface area (Å²) in [6.45, 7) is 0.916. The maximum Gasteiger partial charge on any atom is 0.301 e. The lowest BCUT2D eigenvalue weighted by Gasteiger charge is -2.13. The molecule has 1 aliphatic heterocycles. The van der Waals surface area contributed by atoms with Crippen molar-refractivity contribution in [1.82, 2.24) is 4.31 Å². The van der Waals surface area contributed by atoms with Crippen molar-refractivity contribution in [3.63, 3.8) is 0 Å². The Morgan fingerprint density at radius 3 is 2.81 bits per heavy atom. The van der Waals surface area contributed by atoms with E-state index in [0.717, 1.165) is 28.5 Å². The van der Waals surface area contributed by atoms with Crippen molar-refractivity contribution in [2.75, 3.05) is 30.7 Å². The second-order valence-corrected chi connectivity index (χ2v) is 5.82. The largest absolute Gasteiger partial charge is 0.384 e. The zero-order valence-corrected chi connectivity index (χ0v) is 10.1. The molecule has 0 saturated heterocycles. The molecule has 1 aromatic carbocycles. The van der Waals surface area contributed by atoms with Gasteiger partial charge in [-0.05, 0) is 30.2 Å². The summed E-state index contributed by atoms with van der Waals surface area (Å²) in [4.78, 5) is 0. The van der Waals surface area contributed by atoms with Crippen LogP contribution in [0.1, 0.15) is 5.56 Å². The van der Waals surface area contributed by atoms with E-state index in [0.29, 0.717) is 5.69 Å². The first-order chi connectivity index (χ1) is 7.49. The average molecular weight is 241 g/mol. The molecule has 0 radical (unpaired) electrons. The van der Waals surface area contributed by atoms with Gasteiger partial charge in [0.15, 0.2) is 0 Å². The summed E-state index contributed by atoms with van der Waals surface area (Å²) in [7, 11) is -0.411. The molecule has 0 bridgehead atoms. The van der Waals surface area contributed by atoms with E-state index >= 15 is 0 Å². The first kappa shape index (κ1) is 11.2. The third-order valence-corrected chi connectivity index (χ3v) is 4.00. The smallest absolute Gasteiger partial charge is 0.301 e. The zero-order chi connectivity index (χ0) is 11.8. The van der Waals surface area contributed by atoms with Gasteiger partial charge in [-0.2, -0.15) is 12.7 Å². The van der Waals surface area contributed by atoms with Crippen LogP contribution in [0.5, 0.6) is 0 Å². The first-order valence-electron chi connectivity index (χ1n) is 5.06. The monoisotopic (exact) mass is 241 g/mol. The van der Waals surface area contributed by atoms with Gasteiger partial charge < -0.3 is 5.32 Å². The Bertz CT molecular complexity index is 497. The molecule has 2 rings (SSSR count). The van der Waals surface area contributed by atoms with Crippen LogP contribution < -0.4 is 10.0 Å². The summed E-state index contributed by atoms with van der Waals surface area (Å²) in [6.07, 6.45) is 0.937. The molecule has 0 fully saturated rings. The van der Waals surface area contributed by atoms with E-state index in [-0.39, 0.29) is 0 Å². The number of fused-ring (bicyclic) bond motifs is 1. The molecule has 1 aromatic rings. The Morgan fingerprint density at radius 1 is 1.38 bits per heavy atom. The van der Waals surface area contributed by atoms with Gasteiger partial charge in [-0.15, -0.1) is 0 Å². The summed E-state index contributed by atoms with van der Waals surface area (Å²) < 4.78 is 26.9. The third-order valence-electron chi connectivity index (χ3n) is 2.54. The number of rotatable bonds is 3. The lowest BCUT2D eigenvalue weighted by Crippen LogP contribution is -2.28. The van der Waals surface area contributed by atoms with Gasteiger partial charge in [0.2, 0.25) is 0 Å². The Labute approximate surface area is 95.6 Å². The van der Waals surface area contributed by atoms with Crippen LogP contribution in [0.15, 0.2) is 18.2 Å². The predicted molar refractivity (Wildman–Crippen MR) is 64.9 cm³/mol. The van der Waals surface area contributed by atoms with Crippen LogP contribution in [0, 0.1) is 0 Å². The molecule has 0 atom stereocenters. The highest BCUT2D eigenvalue weighted by atomic mass is 32.2. The zero-order valence-electron chi connectivity index (χ0n) is 9.32. The van der Waals surface area contributed by atoms with Gasteiger partial charge in [-0.1, -0.05) is 0 Å². The van der Waals surface area contributed by atoms with Crippen LogP contribution in [0.4, 0.5) is 11.4 Å².